The van der Waals surface area contributed by atoms with Crippen molar-refractivity contribution in [2.45, 2.75) is 46.6 Å². The molecule has 1 aromatic carbocycles. The van der Waals surface area contributed by atoms with Crippen molar-refractivity contribution in [3.63, 3.8) is 0 Å². The number of aromatic nitrogens is 3. The molecule has 0 bridgehead atoms. The molecule has 1 aliphatic heterocycles. The van der Waals surface area contributed by atoms with Crippen LogP contribution in [-0.2, 0) is 6.54 Å². The Morgan fingerprint density at radius 1 is 1.19 bits per heavy atom. The topological polar surface area (TPSA) is 88.6 Å². The third-order valence-electron chi connectivity index (χ3n) is 6.27. The van der Waals surface area contributed by atoms with Crippen molar-refractivity contribution in [1.82, 2.24) is 24.9 Å². The molecule has 36 heavy (non-hydrogen) atoms. The van der Waals surface area contributed by atoms with E-state index in [1.165, 1.54) is 5.57 Å². The van der Waals surface area contributed by atoms with E-state index in [1.54, 1.807) is 17.6 Å². The lowest BCUT2D eigenvalue weighted by molar-refractivity contribution is 0.394. The van der Waals surface area contributed by atoms with Gasteiger partial charge in [-0.2, -0.15) is 4.98 Å². The first kappa shape index (κ1) is 25.9. The third kappa shape index (κ3) is 5.44. The zero-order valence-electron chi connectivity index (χ0n) is 21.6. The Morgan fingerprint density at radius 2 is 2.00 bits per heavy atom. The molecule has 0 unspecified atom stereocenters. The molecule has 0 saturated heterocycles. The molecule has 1 N–H and O–H groups in total. The normalized spacial score (nSPS) is 13.3. The van der Waals surface area contributed by atoms with E-state index in [0.717, 1.165) is 49.0 Å². The van der Waals surface area contributed by atoms with Crippen LogP contribution in [0.5, 0.6) is 0 Å². The first-order chi connectivity index (χ1) is 17.3. The SMILES string of the molecule is CCC1=C(NCCCN(C)C)N=c2c(cc(-c3ccc(-c4noc(C)n4)cc3Cl)c(=O)n2CC)=CC1. The minimum Gasteiger partial charge on any atom is -0.370 e. The summed E-state index contributed by atoms with van der Waals surface area (Å²) in [4.78, 5) is 25.0. The standard InChI is InChI=1S/C27H33ClN6O2/c1-6-18-9-10-20-15-22(21-12-11-19(16-23(21)28)25-30-17(3)36-32-25)27(35)34(7-2)26(20)31-24(18)29-13-8-14-33(4)5/h10-12,15-16,29H,6-9,13-14H2,1-5H3. The zero-order chi connectivity index (χ0) is 25.8. The summed E-state index contributed by atoms with van der Waals surface area (Å²) in [5.41, 5.74) is 3.73. The van der Waals surface area contributed by atoms with Gasteiger partial charge < -0.3 is 14.7 Å². The van der Waals surface area contributed by atoms with E-state index in [9.17, 15) is 4.79 Å². The van der Waals surface area contributed by atoms with Gasteiger partial charge in [0.25, 0.3) is 5.56 Å². The Labute approximate surface area is 216 Å². The quantitative estimate of drug-likeness (QED) is 0.445. The second-order valence-corrected chi connectivity index (χ2v) is 9.53. The van der Waals surface area contributed by atoms with Crippen LogP contribution in [0, 0.1) is 6.92 Å². The maximum Gasteiger partial charge on any atom is 0.260 e. The molecule has 3 aromatic rings. The van der Waals surface area contributed by atoms with Gasteiger partial charge in [-0.25, -0.2) is 4.99 Å². The van der Waals surface area contributed by atoms with Crippen molar-refractivity contribution in [2.24, 2.45) is 4.99 Å². The second kappa shape index (κ2) is 11.2. The minimum atomic E-state index is -0.120. The highest BCUT2D eigenvalue weighted by Crippen LogP contribution is 2.29. The summed E-state index contributed by atoms with van der Waals surface area (Å²) >= 11 is 6.68. The second-order valence-electron chi connectivity index (χ2n) is 9.13. The van der Waals surface area contributed by atoms with E-state index in [0.29, 0.717) is 39.9 Å². The van der Waals surface area contributed by atoms with Crippen LogP contribution >= 0.6 is 11.6 Å². The van der Waals surface area contributed by atoms with Crippen LogP contribution in [-0.4, -0.2) is 46.8 Å². The molecule has 9 heteroatoms. The average Bonchev–Trinajstić information content (AvgIpc) is 3.21. The first-order valence-electron chi connectivity index (χ1n) is 12.4. The van der Waals surface area contributed by atoms with Crippen molar-refractivity contribution in [1.29, 1.82) is 0 Å². The van der Waals surface area contributed by atoms with Crippen LogP contribution in [0.3, 0.4) is 0 Å². The maximum atomic E-state index is 13.6. The molecular formula is C27H33ClN6O2. The van der Waals surface area contributed by atoms with Gasteiger partial charge in [-0.15, -0.1) is 0 Å². The molecule has 4 rings (SSSR count). The minimum absolute atomic E-state index is 0.120. The number of benzene rings is 1. The van der Waals surface area contributed by atoms with Gasteiger partial charge in [-0.1, -0.05) is 41.9 Å². The van der Waals surface area contributed by atoms with Gasteiger partial charge in [0.05, 0.1) is 0 Å². The fraction of sp³-hybridized carbons (Fsp3) is 0.407. The molecule has 0 saturated carbocycles. The average molecular weight is 509 g/mol. The van der Waals surface area contributed by atoms with E-state index in [2.05, 4.69) is 47.5 Å². The molecule has 190 valence electrons. The van der Waals surface area contributed by atoms with Gasteiger partial charge in [-0.05, 0) is 64.5 Å². The fourth-order valence-electron chi connectivity index (χ4n) is 4.32. The highest BCUT2D eigenvalue weighted by Gasteiger charge is 2.16. The number of aryl methyl sites for hydroxylation is 1. The Bertz CT molecular complexity index is 1470. The maximum absolute atomic E-state index is 13.6. The monoisotopic (exact) mass is 508 g/mol. The van der Waals surface area contributed by atoms with Crippen molar-refractivity contribution in [3.8, 4) is 22.5 Å². The smallest absolute Gasteiger partial charge is 0.260 e. The number of nitrogens with one attached hydrogen (secondary N) is 1. The summed E-state index contributed by atoms with van der Waals surface area (Å²) in [5, 5.41) is 8.86. The Hall–Kier alpha value is -3.23. The van der Waals surface area contributed by atoms with E-state index < -0.39 is 0 Å². The number of nitrogens with zero attached hydrogens (tertiary/aromatic N) is 5. The van der Waals surface area contributed by atoms with E-state index in [-0.39, 0.29) is 5.56 Å². The van der Waals surface area contributed by atoms with Crippen molar-refractivity contribution in [2.75, 3.05) is 27.2 Å². The Morgan fingerprint density at radius 3 is 2.64 bits per heavy atom. The summed E-state index contributed by atoms with van der Waals surface area (Å²) < 4.78 is 6.81. The molecule has 3 heterocycles. The van der Waals surface area contributed by atoms with Gasteiger partial charge in [0, 0.05) is 46.9 Å². The van der Waals surface area contributed by atoms with Crippen molar-refractivity contribution >= 4 is 17.7 Å². The molecule has 0 spiro atoms. The first-order valence-corrected chi connectivity index (χ1v) is 12.7. The van der Waals surface area contributed by atoms with Crippen molar-refractivity contribution in [3.05, 3.63) is 67.6 Å². The summed E-state index contributed by atoms with van der Waals surface area (Å²) in [6.07, 6.45) is 4.83. The van der Waals surface area contributed by atoms with Gasteiger partial charge in [0.1, 0.15) is 11.3 Å². The number of fused-ring (bicyclic) bond motifs is 1. The number of pyridine rings is 1. The summed E-state index contributed by atoms with van der Waals surface area (Å²) in [6.45, 7) is 8.16. The highest BCUT2D eigenvalue weighted by atomic mass is 35.5. The van der Waals surface area contributed by atoms with Gasteiger partial charge >= 0.3 is 0 Å². The van der Waals surface area contributed by atoms with E-state index in [4.69, 9.17) is 21.1 Å². The van der Waals surface area contributed by atoms with Gasteiger partial charge in [0.2, 0.25) is 11.7 Å². The lowest BCUT2D eigenvalue weighted by Gasteiger charge is -2.14. The van der Waals surface area contributed by atoms with Gasteiger partial charge in [0.15, 0.2) is 0 Å². The number of allylic oxidation sites excluding steroid dienone is 1. The predicted octanol–water partition coefficient (Wildman–Crippen LogP) is 3.51. The molecule has 0 amide bonds. The van der Waals surface area contributed by atoms with Crippen LogP contribution in [0.25, 0.3) is 28.6 Å². The van der Waals surface area contributed by atoms with E-state index in [1.807, 2.05) is 25.1 Å². The number of rotatable bonds is 9. The largest absolute Gasteiger partial charge is 0.370 e. The lowest BCUT2D eigenvalue weighted by Crippen LogP contribution is -2.44. The summed E-state index contributed by atoms with van der Waals surface area (Å²) in [6, 6.07) is 7.37. The fourth-order valence-corrected chi connectivity index (χ4v) is 4.61. The number of hydrogen-bond donors (Lipinski definition) is 1. The third-order valence-corrected chi connectivity index (χ3v) is 6.59. The molecule has 2 aromatic heterocycles. The van der Waals surface area contributed by atoms with Crippen LogP contribution in [0.2, 0.25) is 5.02 Å². The summed E-state index contributed by atoms with van der Waals surface area (Å²) in [7, 11) is 4.14. The number of halogens is 1. The molecule has 0 fully saturated rings. The van der Waals surface area contributed by atoms with Crippen LogP contribution in [0.15, 0.2) is 50.0 Å². The van der Waals surface area contributed by atoms with Crippen molar-refractivity contribution < 1.29 is 4.52 Å². The zero-order valence-corrected chi connectivity index (χ0v) is 22.3. The Balaban J connectivity index is 1.77. The molecule has 1 aliphatic rings. The predicted molar refractivity (Wildman–Crippen MR) is 143 cm³/mol. The lowest BCUT2D eigenvalue weighted by atomic mass is 10.0. The Kier molecular flexibility index (Phi) is 8.06. The van der Waals surface area contributed by atoms with Crippen LogP contribution < -0.4 is 21.6 Å². The van der Waals surface area contributed by atoms with Crippen LogP contribution in [0.4, 0.5) is 0 Å². The molecule has 0 aliphatic carbocycles. The highest BCUT2D eigenvalue weighted by molar-refractivity contribution is 6.33. The number of hydrogen-bond acceptors (Lipinski definition) is 7. The molecule has 0 radical (unpaired) electrons. The summed E-state index contributed by atoms with van der Waals surface area (Å²) in [5.74, 6) is 1.82. The van der Waals surface area contributed by atoms with Gasteiger partial charge in [-0.3, -0.25) is 9.36 Å². The molecular weight excluding hydrogens is 476 g/mol. The molecule has 0 atom stereocenters. The molecule has 8 nitrogen and oxygen atoms in total. The van der Waals surface area contributed by atoms with E-state index >= 15 is 0 Å². The van der Waals surface area contributed by atoms with Crippen LogP contribution in [0.1, 0.15) is 39.0 Å².